The third kappa shape index (κ3) is 5.40. The van der Waals surface area contributed by atoms with E-state index in [2.05, 4.69) is 9.58 Å². The second-order valence-corrected chi connectivity index (χ2v) is 4.69. The zero-order valence-corrected chi connectivity index (χ0v) is 12.3. The third-order valence-electron chi connectivity index (χ3n) is 2.24. The number of ketones is 2. The highest BCUT2D eigenvalue weighted by molar-refractivity contribution is 7.33. The molecule has 9 nitrogen and oxygen atoms in total. The van der Waals surface area contributed by atoms with Gasteiger partial charge < -0.3 is 11.1 Å². The molecule has 0 fully saturated rings. The summed E-state index contributed by atoms with van der Waals surface area (Å²) in [5.41, 5.74) is 16.4. The van der Waals surface area contributed by atoms with E-state index in [4.69, 9.17) is 20.1 Å². The molecule has 0 amide bonds. The molecule has 0 saturated heterocycles. The molecule has 0 aromatic heterocycles. The van der Waals surface area contributed by atoms with Crippen LogP contribution in [0.1, 0.15) is 27.7 Å². The van der Waals surface area contributed by atoms with E-state index in [9.17, 15) is 14.2 Å². The molecule has 2 atom stereocenters. The lowest BCUT2D eigenvalue weighted by Gasteiger charge is -2.00. The molecule has 0 rings (SSSR count). The minimum absolute atomic E-state index is 0.215. The van der Waals surface area contributed by atoms with Crippen LogP contribution < -0.4 is 0 Å². The van der Waals surface area contributed by atoms with Gasteiger partial charge in [-0.05, 0) is 13.8 Å². The van der Waals surface area contributed by atoms with Crippen molar-refractivity contribution in [1.29, 1.82) is 0 Å². The Kier molecular flexibility index (Phi) is 7.54. The van der Waals surface area contributed by atoms with Crippen LogP contribution in [-0.4, -0.2) is 44.8 Å². The van der Waals surface area contributed by atoms with Crippen molar-refractivity contribution >= 4 is 31.2 Å². The Labute approximate surface area is 116 Å². The fourth-order valence-electron chi connectivity index (χ4n) is 1.07. The summed E-state index contributed by atoms with van der Waals surface area (Å²) in [5, 5.41) is 0. The molecule has 108 valence electrons. The molecule has 0 aliphatic carbocycles. The van der Waals surface area contributed by atoms with Gasteiger partial charge >= 0.3 is 19.7 Å². The lowest BCUT2D eigenvalue weighted by Crippen LogP contribution is -2.28. The van der Waals surface area contributed by atoms with E-state index in [1.165, 1.54) is 27.7 Å². The van der Waals surface area contributed by atoms with Gasteiger partial charge in [-0.1, -0.05) is 0 Å². The molecule has 0 saturated carbocycles. The Morgan fingerprint density at radius 3 is 1.50 bits per heavy atom. The van der Waals surface area contributed by atoms with Gasteiger partial charge in [0.15, 0.2) is 12.2 Å². The Bertz CT molecular complexity index is 488. The van der Waals surface area contributed by atoms with Crippen LogP contribution in [0.4, 0.5) is 0 Å². The highest BCUT2D eigenvalue weighted by Gasteiger charge is 2.37. The van der Waals surface area contributed by atoms with Crippen LogP contribution >= 0.6 is 8.25 Å². The topological polar surface area (TPSA) is 142 Å². The summed E-state index contributed by atoms with van der Waals surface area (Å²) in [5.74, 6) is -1.35. The lowest BCUT2D eigenvalue weighted by molar-refractivity contribution is -0.124. The third-order valence-corrected chi connectivity index (χ3v) is 3.22. The van der Waals surface area contributed by atoms with E-state index >= 15 is 0 Å². The number of carbonyl (C=O) groups is 2. The number of carbonyl (C=O) groups excluding carboxylic acids is 2. The smallest absolute Gasteiger partial charge is 0.361 e. The van der Waals surface area contributed by atoms with Crippen molar-refractivity contribution < 1.29 is 32.8 Å². The first-order valence-electron chi connectivity index (χ1n) is 5.51. The predicted molar refractivity (Wildman–Crippen MR) is 67.3 cm³/mol. The molecular weight excluding hydrogens is 287 g/mol. The van der Waals surface area contributed by atoms with Crippen molar-refractivity contribution in [2.45, 2.75) is 39.9 Å². The van der Waals surface area contributed by atoms with Crippen LogP contribution in [0.15, 0.2) is 0 Å². The Hall–Kier alpha value is -1.88. The standard InChI is InChI=1S/C10H14N4O5P/c1-5(13-11)9(15)7(3)18-20(17)19-8(4)10(16)6(2)14-12/h7-8H,1-4H3/q+1. The first kappa shape index (κ1) is 18.1. The van der Waals surface area contributed by atoms with Crippen molar-refractivity contribution in [2.75, 3.05) is 0 Å². The molecular formula is C10H14N4O5P+. The maximum absolute atomic E-state index is 11.5. The Morgan fingerprint density at radius 2 is 1.25 bits per heavy atom. The largest absolute Gasteiger partial charge is 0.698 e. The van der Waals surface area contributed by atoms with Crippen LogP contribution in [0.5, 0.6) is 0 Å². The van der Waals surface area contributed by atoms with Crippen molar-refractivity contribution in [3.63, 3.8) is 0 Å². The van der Waals surface area contributed by atoms with Crippen LogP contribution in [0, 0.1) is 0 Å². The van der Waals surface area contributed by atoms with Gasteiger partial charge in [0, 0.05) is 18.4 Å². The summed E-state index contributed by atoms with van der Waals surface area (Å²) in [7, 11) is -2.75. The summed E-state index contributed by atoms with van der Waals surface area (Å²) in [6.07, 6.45) is -2.33. The fourth-order valence-corrected chi connectivity index (χ4v) is 1.82. The van der Waals surface area contributed by atoms with Gasteiger partial charge in [0.1, 0.15) is 0 Å². The molecule has 10 heteroatoms. The van der Waals surface area contributed by atoms with Crippen LogP contribution in [0.25, 0.3) is 11.1 Å². The highest BCUT2D eigenvalue weighted by atomic mass is 31.1. The van der Waals surface area contributed by atoms with Crippen molar-refractivity contribution in [3.05, 3.63) is 11.1 Å². The molecule has 0 radical (unpaired) electrons. The van der Waals surface area contributed by atoms with Crippen LogP contribution in [0.3, 0.4) is 0 Å². The minimum atomic E-state index is -2.75. The molecule has 0 aromatic carbocycles. The first-order chi connectivity index (χ1) is 9.24. The van der Waals surface area contributed by atoms with Crippen molar-refractivity contribution in [1.82, 2.24) is 0 Å². The average Bonchev–Trinajstić information content (AvgIpc) is 2.43. The summed E-state index contributed by atoms with van der Waals surface area (Å²) >= 11 is 0. The second-order valence-electron chi connectivity index (χ2n) is 3.82. The van der Waals surface area contributed by atoms with Gasteiger partial charge in [-0.25, -0.2) is 0 Å². The number of rotatable bonds is 8. The van der Waals surface area contributed by atoms with E-state index in [0.717, 1.165) is 0 Å². The van der Waals surface area contributed by atoms with Gasteiger partial charge in [0.25, 0.3) is 11.6 Å². The zero-order valence-electron chi connectivity index (χ0n) is 11.4. The van der Waals surface area contributed by atoms with Crippen LogP contribution in [-0.2, 0) is 23.2 Å². The van der Waals surface area contributed by atoms with Gasteiger partial charge in [0.2, 0.25) is 0 Å². The normalized spacial score (nSPS) is 13.5. The van der Waals surface area contributed by atoms with Gasteiger partial charge in [-0.15, -0.1) is 9.05 Å². The average molecular weight is 301 g/mol. The molecule has 0 heterocycles. The van der Waals surface area contributed by atoms with Crippen molar-refractivity contribution in [2.24, 2.45) is 0 Å². The lowest BCUT2D eigenvalue weighted by atomic mass is 10.2. The molecule has 0 N–H and O–H groups in total. The number of hydrogen-bond acceptors (Lipinski definition) is 5. The summed E-state index contributed by atoms with van der Waals surface area (Å²) in [6, 6.07) is 0. The molecule has 0 aliphatic rings. The van der Waals surface area contributed by atoms with E-state index in [1.54, 1.807) is 0 Å². The molecule has 2 unspecified atom stereocenters. The number of nitrogens with zero attached hydrogens (tertiary/aromatic N) is 4. The molecule has 0 bridgehead atoms. The van der Waals surface area contributed by atoms with Crippen LogP contribution in [0.2, 0.25) is 0 Å². The predicted octanol–water partition coefficient (Wildman–Crippen LogP) is 0.974. The quantitative estimate of drug-likeness (QED) is 0.284. The molecule has 0 aliphatic heterocycles. The van der Waals surface area contributed by atoms with Gasteiger partial charge in [0.05, 0.1) is 0 Å². The SMILES string of the molecule is CC(=[N+]=[N-])C(=O)C(C)O[P+](=O)OC(C)C(=O)C(C)=[N+]=[N-]. The Morgan fingerprint density at radius 1 is 0.950 bits per heavy atom. The maximum Gasteiger partial charge on any atom is 0.698 e. The van der Waals surface area contributed by atoms with E-state index < -0.39 is 32.0 Å². The van der Waals surface area contributed by atoms with E-state index in [1.807, 2.05) is 0 Å². The van der Waals surface area contributed by atoms with E-state index in [-0.39, 0.29) is 11.4 Å². The van der Waals surface area contributed by atoms with Crippen molar-refractivity contribution in [3.8, 4) is 0 Å². The molecule has 20 heavy (non-hydrogen) atoms. The molecule has 0 aromatic rings. The zero-order chi connectivity index (χ0) is 15.9. The first-order valence-corrected chi connectivity index (χ1v) is 6.60. The van der Waals surface area contributed by atoms with E-state index in [0.29, 0.717) is 0 Å². The summed E-state index contributed by atoms with van der Waals surface area (Å²) in [6.45, 7) is 5.09. The number of Topliss-reactive ketones (excluding diaryl/α,β-unsaturated/α-hetero) is 2. The fraction of sp³-hybridized carbons (Fsp3) is 0.600. The van der Waals surface area contributed by atoms with Gasteiger partial charge in [-0.2, -0.15) is 9.58 Å². The van der Waals surface area contributed by atoms with Gasteiger partial charge in [-0.3, -0.25) is 9.59 Å². The Balaban J connectivity index is 4.58. The monoisotopic (exact) mass is 301 g/mol. The number of hydrogen-bond donors (Lipinski definition) is 0. The summed E-state index contributed by atoms with van der Waals surface area (Å²) in [4.78, 5) is 28.3. The summed E-state index contributed by atoms with van der Waals surface area (Å²) < 4.78 is 21.0. The highest BCUT2D eigenvalue weighted by Crippen LogP contribution is 2.28. The minimum Gasteiger partial charge on any atom is -0.361 e. The second kappa shape index (κ2) is 8.32. The maximum atomic E-state index is 11.5. The molecule has 0 spiro atoms.